The van der Waals surface area contributed by atoms with E-state index in [0.29, 0.717) is 5.56 Å². The van der Waals surface area contributed by atoms with Crippen LogP contribution in [0.1, 0.15) is 36.7 Å². The van der Waals surface area contributed by atoms with Crippen molar-refractivity contribution in [2.75, 3.05) is 0 Å². The van der Waals surface area contributed by atoms with Crippen LogP contribution in [0.25, 0.3) is 0 Å². The Bertz CT molecular complexity index is 813. The van der Waals surface area contributed by atoms with Gasteiger partial charge in [0.25, 0.3) is 0 Å². The van der Waals surface area contributed by atoms with Crippen LogP contribution >= 0.6 is 0 Å². The Morgan fingerprint density at radius 2 is 1.46 bits per heavy atom. The van der Waals surface area contributed by atoms with Crippen LogP contribution in [0.5, 0.6) is 5.75 Å². The van der Waals surface area contributed by atoms with E-state index >= 15 is 0 Å². The maximum absolute atomic E-state index is 12.2. The van der Waals surface area contributed by atoms with Gasteiger partial charge in [0, 0.05) is 0 Å². The maximum atomic E-state index is 12.2. The third kappa shape index (κ3) is 4.83. The first kappa shape index (κ1) is 18.0. The summed E-state index contributed by atoms with van der Waals surface area (Å²) in [6.45, 7) is 7.19. The highest BCUT2D eigenvalue weighted by atomic mass is 32.2. The molecule has 128 valence electrons. The molecule has 0 amide bonds. The van der Waals surface area contributed by atoms with Gasteiger partial charge in [-0.05, 0) is 64.1 Å². The smallest absolute Gasteiger partial charge is 0.339 e. The standard InChI is InChI=1S/C18H20O5S/c1-13-5-11-16(12-6-13)24(20,21)23-15-9-7-14(8-10-15)17(19)22-18(2,3)4/h5-12H,1-4H3. The highest BCUT2D eigenvalue weighted by Gasteiger charge is 2.19. The van der Waals surface area contributed by atoms with Gasteiger partial charge in [-0.25, -0.2) is 4.79 Å². The lowest BCUT2D eigenvalue weighted by Crippen LogP contribution is -2.23. The molecule has 2 aromatic rings. The number of aryl methyl sites for hydroxylation is 1. The largest absolute Gasteiger partial charge is 0.456 e. The van der Waals surface area contributed by atoms with Crippen LogP contribution in [0.3, 0.4) is 0 Å². The summed E-state index contributed by atoms with van der Waals surface area (Å²) in [4.78, 5) is 12.0. The van der Waals surface area contributed by atoms with Gasteiger partial charge in [0.2, 0.25) is 0 Å². The highest BCUT2D eigenvalue weighted by molar-refractivity contribution is 7.87. The van der Waals surface area contributed by atoms with Gasteiger partial charge in [-0.15, -0.1) is 0 Å². The summed E-state index contributed by atoms with van der Waals surface area (Å²) >= 11 is 0. The molecule has 0 aliphatic heterocycles. The second-order valence-corrected chi connectivity index (χ2v) is 7.92. The fourth-order valence-electron chi connectivity index (χ4n) is 1.86. The minimum Gasteiger partial charge on any atom is -0.456 e. The quantitative estimate of drug-likeness (QED) is 0.622. The lowest BCUT2D eigenvalue weighted by molar-refractivity contribution is 0.00695. The molecule has 0 heterocycles. The first-order valence-corrected chi connectivity index (χ1v) is 8.82. The summed E-state index contributed by atoms with van der Waals surface area (Å²) in [7, 11) is -3.91. The molecular formula is C18H20O5S. The van der Waals surface area contributed by atoms with Gasteiger partial charge >= 0.3 is 16.1 Å². The molecule has 2 aromatic carbocycles. The van der Waals surface area contributed by atoms with Gasteiger partial charge in [-0.3, -0.25) is 0 Å². The van der Waals surface area contributed by atoms with Crippen LogP contribution in [0, 0.1) is 6.92 Å². The average Bonchev–Trinajstić information content (AvgIpc) is 2.46. The second-order valence-electron chi connectivity index (χ2n) is 6.38. The lowest BCUT2D eigenvalue weighted by Gasteiger charge is -2.19. The van der Waals surface area contributed by atoms with Gasteiger partial charge in [0.05, 0.1) is 5.56 Å². The summed E-state index contributed by atoms with van der Waals surface area (Å²) in [5.74, 6) is -0.349. The summed E-state index contributed by atoms with van der Waals surface area (Å²) in [6.07, 6.45) is 0. The molecule has 0 aliphatic carbocycles. The van der Waals surface area contributed by atoms with Crippen LogP contribution < -0.4 is 4.18 Å². The number of esters is 1. The SMILES string of the molecule is Cc1ccc(S(=O)(=O)Oc2ccc(C(=O)OC(C)(C)C)cc2)cc1. The zero-order valence-corrected chi connectivity index (χ0v) is 14.9. The van der Waals surface area contributed by atoms with E-state index in [4.69, 9.17) is 8.92 Å². The van der Waals surface area contributed by atoms with Gasteiger partial charge in [0.1, 0.15) is 16.2 Å². The molecule has 0 N–H and O–H groups in total. The van der Waals surface area contributed by atoms with E-state index in [0.717, 1.165) is 5.56 Å². The minimum absolute atomic E-state index is 0.0734. The first-order chi connectivity index (χ1) is 11.1. The molecule has 0 bridgehead atoms. The van der Waals surface area contributed by atoms with Crippen molar-refractivity contribution in [1.82, 2.24) is 0 Å². The molecule has 2 rings (SSSR count). The monoisotopic (exact) mass is 348 g/mol. The predicted octanol–water partition coefficient (Wildman–Crippen LogP) is 3.72. The molecule has 5 nitrogen and oxygen atoms in total. The molecule has 0 aliphatic rings. The molecule has 24 heavy (non-hydrogen) atoms. The molecule has 0 unspecified atom stereocenters. The van der Waals surface area contributed by atoms with E-state index in [-0.39, 0.29) is 10.6 Å². The average molecular weight is 348 g/mol. The topological polar surface area (TPSA) is 69.7 Å². The van der Waals surface area contributed by atoms with E-state index in [9.17, 15) is 13.2 Å². The summed E-state index contributed by atoms with van der Waals surface area (Å²) in [5.41, 5.74) is 0.682. The Balaban J connectivity index is 2.14. The van der Waals surface area contributed by atoms with Crippen molar-refractivity contribution in [3.05, 3.63) is 59.7 Å². The van der Waals surface area contributed by atoms with E-state index in [1.165, 1.54) is 36.4 Å². The zero-order chi connectivity index (χ0) is 18.0. The number of benzene rings is 2. The Morgan fingerprint density at radius 1 is 0.917 bits per heavy atom. The fourth-order valence-corrected chi connectivity index (χ4v) is 2.79. The van der Waals surface area contributed by atoms with Gasteiger partial charge in [0.15, 0.2) is 0 Å². The van der Waals surface area contributed by atoms with Gasteiger partial charge in [-0.2, -0.15) is 8.42 Å². The Labute approximate surface area is 142 Å². The number of carbonyl (C=O) groups is 1. The van der Waals surface area contributed by atoms with Crippen LogP contribution in [0.4, 0.5) is 0 Å². The number of carbonyl (C=O) groups excluding carboxylic acids is 1. The lowest BCUT2D eigenvalue weighted by atomic mass is 10.1. The summed E-state index contributed by atoms with van der Waals surface area (Å²) < 4.78 is 34.7. The van der Waals surface area contributed by atoms with Crippen LogP contribution in [-0.2, 0) is 14.9 Å². The Hall–Kier alpha value is -2.34. The number of ether oxygens (including phenoxy) is 1. The van der Waals surface area contributed by atoms with Crippen molar-refractivity contribution in [3.8, 4) is 5.75 Å². The molecule has 0 fully saturated rings. The highest BCUT2D eigenvalue weighted by Crippen LogP contribution is 2.20. The minimum atomic E-state index is -3.91. The molecule has 0 aromatic heterocycles. The predicted molar refractivity (Wildman–Crippen MR) is 90.6 cm³/mol. The molecule has 0 saturated carbocycles. The Kier molecular flexibility index (Phi) is 4.99. The third-order valence-corrected chi connectivity index (χ3v) is 4.27. The van der Waals surface area contributed by atoms with Crippen molar-refractivity contribution in [1.29, 1.82) is 0 Å². The van der Waals surface area contributed by atoms with E-state index in [2.05, 4.69) is 0 Å². The normalized spacial score (nSPS) is 11.8. The van der Waals surface area contributed by atoms with Crippen LogP contribution in [-0.4, -0.2) is 20.0 Å². The summed E-state index contributed by atoms with van der Waals surface area (Å²) in [5, 5.41) is 0. The maximum Gasteiger partial charge on any atom is 0.339 e. The number of rotatable bonds is 4. The van der Waals surface area contributed by atoms with E-state index < -0.39 is 21.7 Å². The van der Waals surface area contributed by atoms with Crippen molar-refractivity contribution in [3.63, 3.8) is 0 Å². The molecule has 0 radical (unpaired) electrons. The zero-order valence-electron chi connectivity index (χ0n) is 14.1. The molecule has 6 heteroatoms. The van der Waals surface area contributed by atoms with Crippen LogP contribution in [0.2, 0.25) is 0 Å². The van der Waals surface area contributed by atoms with Crippen LogP contribution in [0.15, 0.2) is 53.4 Å². The number of hydrogen-bond acceptors (Lipinski definition) is 5. The third-order valence-electron chi connectivity index (χ3n) is 3.00. The number of hydrogen-bond donors (Lipinski definition) is 0. The molecule has 0 spiro atoms. The molecular weight excluding hydrogens is 328 g/mol. The van der Waals surface area contributed by atoms with E-state index in [1.807, 2.05) is 6.92 Å². The van der Waals surface area contributed by atoms with Crippen molar-refractivity contribution < 1.29 is 22.1 Å². The first-order valence-electron chi connectivity index (χ1n) is 7.41. The fraction of sp³-hybridized carbons (Fsp3) is 0.278. The Morgan fingerprint density at radius 3 is 1.96 bits per heavy atom. The van der Waals surface area contributed by atoms with Crippen molar-refractivity contribution in [2.45, 2.75) is 38.2 Å². The molecule has 0 atom stereocenters. The second kappa shape index (κ2) is 6.65. The van der Waals surface area contributed by atoms with E-state index in [1.54, 1.807) is 32.9 Å². The van der Waals surface area contributed by atoms with Crippen molar-refractivity contribution >= 4 is 16.1 Å². The summed E-state index contributed by atoms with van der Waals surface area (Å²) in [6, 6.07) is 12.1. The van der Waals surface area contributed by atoms with Gasteiger partial charge in [-0.1, -0.05) is 17.7 Å². The van der Waals surface area contributed by atoms with Gasteiger partial charge < -0.3 is 8.92 Å². The van der Waals surface area contributed by atoms with Crippen molar-refractivity contribution in [2.24, 2.45) is 0 Å². The molecule has 0 saturated heterocycles.